The van der Waals surface area contributed by atoms with Crippen LogP contribution < -0.4 is 10.1 Å². The van der Waals surface area contributed by atoms with E-state index in [0.29, 0.717) is 22.0 Å². The molecule has 0 atom stereocenters. The molecule has 0 spiro atoms. The van der Waals surface area contributed by atoms with E-state index < -0.39 is 0 Å². The molecule has 100 valence electrons. The normalized spacial score (nSPS) is 9.60. The molecule has 0 heterocycles. The van der Waals surface area contributed by atoms with E-state index in [9.17, 15) is 4.79 Å². The third-order valence-corrected chi connectivity index (χ3v) is 2.75. The molecule has 1 N–H and O–H groups in total. The largest absolute Gasteiger partial charge is 0.482 e. The van der Waals surface area contributed by atoms with Crippen LogP contribution in [0.25, 0.3) is 0 Å². The lowest BCUT2D eigenvalue weighted by molar-refractivity contribution is -0.118. The summed E-state index contributed by atoms with van der Waals surface area (Å²) in [6.45, 7) is -0.165. The third-order valence-electron chi connectivity index (χ3n) is 2.49. The topological polar surface area (TPSA) is 62.1 Å². The number of nitrogens with zero attached hydrogens (tertiary/aromatic N) is 1. The first-order valence-corrected chi connectivity index (χ1v) is 6.24. The number of anilines is 1. The van der Waals surface area contributed by atoms with Crippen LogP contribution in [0.4, 0.5) is 5.69 Å². The summed E-state index contributed by atoms with van der Waals surface area (Å²) in [6, 6.07) is 15.5. The summed E-state index contributed by atoms with van der Waals surface area (Å²) in [5.41, 5.74) is 1.03. The van der Waals surface area contributed by atoms with E-state index in [-0.39, 0.29) is 12.5 Å². The second kappa shape index (κ2) is 6.60. The number of amides is 1. The molecule has 20 heavy (non-hydrogen) atoms. The molecule has 0 radical (unpaired) electrons. The molecular weight excluding hydrogens is 276 g/mol. The van der Waals surface area contributed by atoms with Crippen LogP contribution in [0.15, 0.2) is 48.5 Å². The minimum atomic E-state index is -0.305. The highest BCUT2D eigenvalue weighted by atomic mass is 35.5. The Labute approximate surface area is 121 Å². The van der Waals surface area contributed by atoms with Gasteiger partial charge in [0.05, 0.1) is 5.56 Å². The lowest BCUT2D eigenvalue weighted by Gasteiger charge is -2.08. The number of hydrogen-bond donors (Lipinski definition) is 1. The van der Waals surface area contributed by atoms with Gasteiger partial charge in [-0.1, -0.05) is 23.7 Å². The van der Waals surface area contributed by atoms with Crippen molar-refractivity contribution in [3.05, 3.63) is 59.1 Å². The van der Waals surface area contributed by atoms with Gasteiger partial charge >= 0.3 is 0 Å². The zero-order valence-corrected chi connectivity index (χ0v) is 11.2. The van der Waals surface area contributed by atoms with E-state index in [1.807, 2.05) is 6.07 Å². The van der Waals surface area contributed by atoms with Crippen molar-refractivity contribution in [3.63, 3.8) is 0 Å². The van der Waals surface area contributed by atoms with Crippen LogP contribution in [0.3, 0.4) is 0 Å². The number of hydrogen-bond acceptors (Lipinski definition) is 3. The molecule has 0 saturated carbocycles. The summed E-state index contributed by atoms with van der Waals surface area (Å²) < 4.78 is 5.33. The fraction of sp³-hybridized carbons (Fsp3) is 0.0667. The second-order valence-electron chi connectivity index (χ2n) is 3.95. The SMILES string of the molecule is N#Cc1ccccc1OCC(=O)Nc1ccc(Cl)cc1. The summed E-state index contributed by atoms with van der Waals surface area (Å²) in [5, 5.41) is 12.2. The second-order valence-corrected chi connectivity index (χ2v) is 4.39. The molecule has 0 aliphatic rings. The van der Waals surface area contributed by atoms with Crippen molar-refractivity contribution in [1.82, 2.24) is 0 Å². The minimum absolute atomic E-state index is 0.165. The fourth-order valence-electron chi connectivity index (χ4n) is 1.56. The van der Waals surface area contributed by atoms with Crippen molar-refractivity contribution in [2.75, 3.05) is 11.9 Å². The standard InChI is InChI=1S/C15H11ClN2O2/c16-12-5-7-13(8-6-12)18-15(19)10-20-14-4-2-1-3-11(14)9-17/h1-8H,10H2,(H,18,19). The van der Waals surface area contributed by atoms with Gasteiger partial charge in [-0.25, -0.2) is 0 Å². The summed E-state index contributed by atoms with van der Waals surface area (Å²) in [6.07, 6.45) is 0. The molecule has 0 unspecified atom stereocenters. The highest BCUT2D eigenvalue weighted by Gasteiger charge is 2.06. The van der Waals surface area contributed by atoms with Crippen LogP contribution in [0.2, 0.25) is 5.02 Å². The van der Waals surface area contributed by atoms with Gasteiger partial charge in [-0.2, -0.15) is 5.26 Å². The molecule has 2 aromatic rings. The Hall–Kier alpha value is -2.51. The van der Waals surface area contributed by atoms with E-state index in [2.05, 4.69) is 5.32 Å². The van der Waals surface area contributed by atoms with Gasteiger partial charge in [0.1, 0.15) is 11.8 Å². The minimum Gasteiger partial charge on any atom is -0.482 e. The molecule has 2 aromatic carbocycles. The van der Waals surface area contributed by atoms with E-state index in [1.165, 1.54) is 0 Å². The Morgan fingerprint density at radius 3 is 2.60 bits per heavy atom. The van der Waals surface area contributed by atoms with Crippen LogP contribution in [0.5, 0.6) is 5.75 Å². The maximum absolute atomic E-state index is 11.7. The summed E-state index contributed by atoms with van der Waals surface area (Å²) >= 11 is 5.75. The maximum Gasteiger partial charge on any atom is 0.262 e. The monoisotopic (exact) mass is 286 g/mol. The van der Waals surface area contributed by atoms with E-state index in [1.54, 1.807) is 48.5 Å². The van der Waals surface area contributed by atoms with Crippen molar-refractivity contribution in [2.45, 2.75) is 0 Å². The lowest BCUT2D eigenvalue weighted by Crippen LogP contribution is -2.20. The number of ether oxygens (including phenoxy) is 1. The van der Waals surface area contributed by atoms with Gasteiger partial charge in [-0.3, -0.25) is 4.79 Å². The van der Waals surface area contributed by atoms with Crippen molar-refractivity contribution < 1.29 is 9.53 Å². The van der Waals surface area contributed by atoms with Gasteiger partial charge in [0.25, 0.3) is 5.91 Å². The first kappa shape index (κ1) is 13.9. The molecule has 0 fully saturated rings. The molecule has 0 aliphatic heterocycles. The Morgan fingerprint density at radius 2 is 1.90 bits per heavy atom. The molecule has 0 bridgehead atoms. The first-order chi connectivity index (χ1) is 9.69. The Kier molecular flexibility index (Phi) is 4.59. The predicted octanol–water partition coefficient (Wildman–Crippen LogP) is 3.23. The van der Waals surface area contributed by atoms with Gasteiger partial charge in [-0.05, 0) is 36.4 Å². The summed E-state index contributed by atoms with van der Waals surface area (Å²) in [7, 11) is 0. The van der Waals surface area contributed by atoms with E-state index in [0.717, 1.165) is 0 Å². The van der Waals surface area contributed by atoms with Crippen molar-refractivity contribution in [1.29, 1.82) is 5.26 Å². The number of para-hydroxylation sites is 1. The number of halogens is 1. The van der Waals surface area contributed by atoms with Gasteiger partial charge in [0.15, 0.2) is 6.61 Å². The molecule has 5 heteroatoms. The van der Waals surface area contributed by atoms with E-state index in [4.69, 9.17) is 21.6 Å². The van der Waals surface area contributed by atoms with Gasteiger partial charge < -0.3 is 10.1 Å². The average Bonchev–Trinajstić information content (AvgIpc) is 2.48. The molecule has 0 aliphatic carbocycles. The van der Waals surface area contributed by atoms with Gasteiger partial charge in [0.2, 0.25) is 0 Å². The Balaban J connectivity index is 1.92. The zero-order valence-electron chi connectivity index (χ0n) is 10.5. The third kappa shape index (κ3) is 3.74. The molecule has 0 saturated heterocycles. The zero-order chi connectivity index (χ0) is 14.4. The van der Waals surface area contributed by atoms with Crippen molar-refractivity contribution in [2.24, 2.45) is 0 Å². The van der Waals surface area contributed by atoms with Crippen LogP contribution in [-0.2, 0) is 4.79 Å². The number of carbonyl (C=O) groups excluding carboxylic acids is 1. The van der Waals surface area contributed by atoms with Crippen LogP contribution in [0, 0.1) is 11.3 Å². The smallest absolute Gasteiger partial charge is 0.262 e. The first-order valence-electron chi connectivity index (χ1n) is 5.86. The number of nitrogens with one attached hydrogen (secondary N) is 1. The highest BCUT2D eigenvalue weighted by Crippen LogP contribution is 2.17. The molecule has 1 amide bonds. The highest BCUT2D eigenvalue weighted by molar-refractivity contribution is 6.30. The van der Waals surface area contributed by atoms with Crippen molar-refractivity contribution in [3.8, 4) is 11.8 Å². The van der Waals surface area contributed by atoms with Crippen LogP contribution in [-0.4, -0.2) is 12.5 Å². The Morgan fingerprint density at radius 1 is 1.20 bits per heavy atom. The quantitative estimate of drug-likeness (QED) is 0.938. The average molecular weight is 287 g/mol. The van der Waals surface area contributed by atoms with Crippen molar-refractivity contribution >= 4 is 23.2 Å². The fourth-order valence-corrected chi connectivity index (χ4v) is 1.68. The Bertz CT molecular complexity index is 648. The predicted molar refractivity (Wildman–Crippen MR) is 76.7 cm³/mol. The van der Waals surface area contributed by atoms with Gasteiger partial charge in [0, 0.05) is 10.7 Å². The molecular formula is C15H11ClN2O2. The summed E-state index contributed by atoms with van der Waals surface area (Å²) in [4.78, 5) is 11.7. The molecule has 0 aromatic heterocycles. The number of carbonyl (C=O) groups is 1. The number of nitriles is 1. The number of benzene rings is 2. The maximum atomic E-state index is 11.7. The lowest BCUT2D eigenvalue weighted by atomic mass is 10.2. The van der Waals surface area contributed by atoms with Crippen LogP contribution >= 0.6 is 11.6 Å². The van der Waals surface area contributed by atoms with Crippen LogP contribution in [0.1, 0.15) is 5.56 Å². The molecule has 4 nitrogen and oxygen atoms in total. The summed E-state index contributed by atoms with van der Waals surface area (Å²) in [5.74, 6) is 0.0846. The van der Waals surface area contributed by atoms with Gasteiger partial charge in [-0.15, -0.1) is 0 Å². The van der Waals surface area contributed by atoms with E-state index >= 15 is 0 Å². The molecule has 2 rings (SSSR count). The number of rotatable bonds is 4.